The molecule has 0 amide bonds. The number of nitrogens with zero attached hydrogens (tertiary/aromatic N) is 1. The molecule has 0 bridgehead atoms. The molecular weight excluding hydrogens is 318 g/mol. The Labute approximate surface area is 124 Å². The van der Waals surface area contributed by atoms with Crippen LogP contribution in [-0.2, 0) is 5.04 Å². The van der Waals surface area contributed by atoms with E-state index < -0.39 is 13.1 Å². The van der Waals surface area contributed by atoms with Crippen LogP contribution in [0.4, 0.5) is 0 Å². The number of fused-ring (bicyclic) bond motifs is 1. The summed E-state index contributed by atoms with van der Waals surface area (Å²) in [6.45, 7) is 10.9. The van der Waals surface area contributed by atoms with Crippen molar-refractivity contribution in [2.24, 2.45) is 0 Å². The number of halogens is 1. The molecule has 0 saturated carbocycles. The Morgan fingerprint density at radius 2 is 1.95 bits per heavy atom. The first-order valence-electron chi connectivity index (χ1n) is 6.52. The van der Waals surface area contributed by atoms with Gasteiger partial charge in [-0.15, -0.1) is 0 Å². The van der Waals surface area contributed by atoms with Crippen LogP contribution >= 0.6 is 15.9 Å². The molecule has 1 atom stereocenters. The van der Waals surface area contributed by atoms with E-state index >= 15 is 0 Å². The van der Waals surface area contributed by atoms with Crippen molar-refractivity contribution in [1.82, 2.24) is 0 Å². The zero-order chi connectivity index (χ0) is 14.5. The SMILES string of the molecule is CC1(C)CC(C#N)([Si](C)(C)C)c2cc(Br)ccc2O1. The predicted octanol–water partition coefficient (Wildman–Crippen LogP) is 4.65. The average molecular weight is 338 g/mol. The highest BCUT2D eigenvalue weighted by Crippen LogP contribution is 2.50. The van der Waals surface area contributed by atoms with Crippen LogP contribution in [0.5, 0.6) is 5.75 Å². The van der Waals surface area contributed by atoms with E-state index in [9.17, 15) is 5.26 Å². The monoisotopic (exact) mass is 337 g/mol. The number of hydrogen-bond acceptors (Lipinski definition) is 2. The minimum atomic E-state index is -1.73. The van der Waals surface area contributed by atoms with Gasteiger partial charge in [0, 0.05) is 16.5 Å². The van der Waals surface area contributed by atoms with Crippen molar-refractivity contribution in [2.45, 2.75) is 50.5 Å². The molecule has 1 aliphatic heterocycles. The van der Waals surface area contributed by atoms with Gasteiger partial charge in [0.1, 0.15) is 11.4 Å². The topological polar surface area (TPSA) is 33.0 Å². The summed E-state index contributed by atoms with van der Waals surface area (Å²) in [5.41, 5.74) is 0.763. The maximum Gasteiger partial charge on any atom is 0.124 e. The lowest BCUT2D eigenvalue weighted by molar-refractivity contribution is 0.0708. The Hall–Kier alpha value is -0.793. The van der Waals surface area contributed by atoms with Crippen molar-refractivity contribution in [2.75, 3.05) is 0 Å². The van der Waals surface area contributed by atoms with Gasteiger partial charge in [-0.25, -0.2) is 0 Å². The second kappa shape index (κ2) is 4.36. The molecule has 0 spiro atoms. The predicted molar refractivity (Wildman–Crippen MR) is 84.1 cm³/mol. The highest BCUT2D eigenvalue weighted by atomic mass is 79.9. The van der Waals surface area contributed by atoms with E-state index in [2.05, 4.69) is 61.6 Å². The lowest BCUT2D eigenvalue weighted by Crippen LogP contribution is -2.56. The first-order valence-corrected chi connectivity index (χ1v) is 10.8. The molecular formula is C15H20BrNOSi. The second-order valence-corrected chi connectivity index (χ2v) is 13.2. The van der Waals surface area contributed by atoms with Crippen molar-refractivity contribution < 1.29 is 4.74 Å². The van der Waals surface area contributed by atoms with E-state index in [1.54, 1.807) is 0 Å². The van der Waals surface area contributed by atoms with Crippen molar-refractivity contribution in [3.05, 3.63) is 28.2 Å². The molecule has 0 radical (unpaired) electrons. The summed E-state index contributed by atoms with van der Waals surface area (Å²) in [4.78, 5) is 0. The minimum Gasteiger partial charge on any atom is -0.487 e. The minimum absolute atomic E-state index is 0.295. The number of hydrogen-bond donors (Lipinski definition) is 0. The average Bonchev–Trinajstić information content (AvgIpc) is 2.26. The molecule has 0 aromatic heterocycles. The van der Waals surface area contributed by atoms with Gasteiger partial charge in [0.25, 0.3) is 0 Å². The molecule has 1 unspecified atom stereocenters. The molecule has 0 N–H and O–H groups in total. The van der Waals surface area contributed by atoms with Gasteiger partial charge >= 0.3 is 0 Å². The number of benzene rings is 1. The van der Waals surface area contributed by atoms with E-state index in [-0.39, 0.29) is 5.60 Å². The third kappa shape index (κ3) is 2.34. The fraction of sp³-hybridized carbons (Fsp3) is 0.533. The fourth-order valence-electron chi connectivity index (χ4n) is 2.93. The molecule has 2 nitrogen and oxygen atoms in total. The van der Waals surface area contributed by atoms with Crippen molar-refractivity contribution >= 4 is 24.0 Å². The van der Waals surface area contributed by atoms with Crippen molar-refractivity contribution in [1.29, 1.82) is 5.26 Å². The maximum atomic E-state index is 9.96. The Morgan fingerprint density at radius 1 is 1.32 bits per heavy atom. The molecule has 1 aliphatic rings. The molecule has 19 heavy (non-hydrogen) atoms. The van der Waals surface area contributed by atoms with Gasteiger partial charge in [-0.1, -0.05) is 35.6 Å². The maximum absolute atomic E-state index is 9.96. The van der Waals surface area contributed by atoms with Gasteiger partial charge in [-0.3, -0.25) is 0 Å². The zero-order valence-corrected chi connectivity index (χ0v) is 14.8. The Morgan fingerprint density at radius 3 is 2.47 bits per heavy atom. The quantitative estimate of drug-likeness (QED) is 0.699. The summed E-state index contributed by atoms with van der Waals surface area (Å²) < 4.78 is 7.08. The number of rotatable bonds is 1. The highest BCUT2D eigenvalue weighted by molar-refractivity contribution is 9.10. The number of nitriles is 1. The van der Waals surface area contributed by atoms with Crippen LogP contribution in [0.15, 0.2) is 22.7 Å². The smallest absolute Gasteiger partial charge is 0.124 e. The van der Waals surface area contributed by atoms with Crippen LogP contribution in [0.1, 0.15) is 25.8 Å². The molecule has 0 fully saturated rings. The summed E-state index contributed by atoms with van der Waals surface area (Å²) in [5.74, 6) is 0.864. The Bertz CT molecular complexity index is 556. The van der Waals surface area contributed by atoms with Crippen LogP contribution in [0.3, 0.4) is 0 Å². The van der Waals surface area contributed by atoms with Crippen LogP contribution < -0.4 is 4.74 Å². The lowest BCUT2D eigenvalue weighted by atomic mass is 9.84. The molecule has 2 rings (SSSR count). The summed E-state index contributed by atoms with van der Waals surface area (Å²) in [6.07, 6.45) is 0.760. The first kappa shape index (κ1) is 14.6. The van der Waals surface area contributed by atoms with E-state index in [0.717, 1.165) is 22.2 Å². The van der Waals surface area contributed by atoms with Crippen molar-refractivity contribution in [3.63, 3.8) is 0 Å². The third-order valence-corrected chi connectivity index (χ3v) is 7.56. The fourth-order valence-corrected chi connectivity index (χ4v) is 5.58. The van der Waals surface area contributed by atoms with E-state index in [1.807, 2.05) is 12.1 Å². The van der Waals surface area contributed by atoms with Gasteiger partial charge in [-0.05, 0) is 32.0 Å². The normalized spacial score (nSPS) is 25.1. The van der Waals surface area contributed by atoms with Gasteiger partial charge in [-0.2, -0.15) is 5.26 Å². The van der Waals surface area contributed by atoms with E-state index in [4.69, 9.17) is 4.74 Å². The Balaban J connectivity index is 2.75. The summed E-state index contributed by atoms with van der Waals surface area (Å²) >= 11 is 3.52. The standard InChI is InChI=1S/C15H20BrNOSi/c1-14(2)9-15(10-17,19(3,4)5)12-8-11(16)6-7-13(12)18-14/h6-8H,9H2,1-5H3. The van der Waals surface area contributed by atoms with Crippen LogP contribution in [0.2, 0.25) is 19.6 Å². The van der Waals surface area contributed by atoms with Crippen LogP contribution in [0.25, 0.3) is 0 Å². The Kier molecular flexibility index (Phi) is 3.35. The largest absolute Gasteiger partial charge is 0.487 e. The molecule has 1 aromatic carbocycles. The third-order valence-electron chi connectivity index (χ3n) is 3.95. The molecule has 0 aliphatic carbocycles. The van der Waals surface area contributed by atoms with Crippen molar-refractivity contribution in [3.8, 4) is 11.8 Å². The van der Waals surface area contributed by atoms with Gasteiger partial charge in [0.2, 0.25) is 0 Å². The molecule has 1 aromatic rings. The molecule has 102 valence electrons. The first-order chi connectivity index (χ1) is 8.61. The second-order valence-electron chi connectivity index (χ2n) is 6.95. The van der Waals surface area contributed by atoms with E-state index in [0.29, 0.717) is 0 Å². The van der Waals surface area contributed by atoms with Gasteiger partial charge < -0.3 is 4.74 Å². The van der Waals surface area contributed by atoms with Gasteiger partial charge in [0.05, 0.1) is 19.2 Å². The summed E-state index contributed by atoms with van der Waals surface area (Å²) in [6, 6.07) is 8.68. The number of ether oxygens (including phenoxy) is 1. The van der Waals surface area contributed by atoms with Crippen LogP contribution in [0, 0.1) is 11.3 Å². The van der Waals surface area contributed by atoms with Gasteiger partial charge in [0.15, 0.2) is 0 Å². The summed E-state index contributed by atoms with van der Waals surface area (Å²) in [7, 11) is -1.73. The molecule has 0 saturated heterocycles. The van der Waals surface area contributed by atoms with E-state index in [1.165, 1.54) is 0 Å². The lowest BCUT2D eigenvalue weighted by Gasteiger charge is -2.48. The zero-order valence-electron chi connectivity index (χ0n) is 12.2. The van der Waals surface area contributed by atoms with Crippen LogP contribution in [-0.4, -0.2) is 13.7 Å². The summed E-state index contributed by atoms with van der Waals surface area (Å²) in [5, 5.41) is 9.57. The highest BCUT2D eigenvalue weighted by Gasteiger charge is 2.53. The molecule has 1 heterocycles. The molecule has 4 heteroatoms.